The van der Waals surface area contributed by atoms with Gasteiger partial charge in [0.05, 0.1) is 23.7 Å². The summed E-state index contributed by atoms with van der Waals surface area (Å²) in [6.07, 6.45) is 3.46. The molecule has 2 heterocycles. The monoisotopic (exact) mass is 286 g/mol. The summed E-state index contributed by atoms with van der Waals surface area (Å²) in [6, 6.07) is 11.9. The van der Waals surface area contributed by atoms with Gasteiger partial charge in [-0.1, -0.05) is 23.7 Å². The molecular formula is C16H15ClN2O. The first kappa shape index (κ1) is 13.2. The van der Waals surface area contributed by atoms with Crippen molar-refractivity contribution in [2.24, 2.45) is 0 Å². The average molecular weight is 287 g/mol. The number of halogens is 1. The second-order valence-corrected chi connectivity index (χ2v) is 5.38. The molecule has 0 atom stereocenters. The van der Waals surface area contributed by atoms with Gasteiger partial charge in [-0.3, -0.25) is 9.88 Å². The minimum absolute atomic E-state index is 0.717. The van der Waals surface area contributed by atoms with Gasteiger partial charge < -0.3 is 4.42 Å². The molecule has 0 aliphatic heterocycles. The Bertz CT molecular complexity index is 710. The van der Waals surface area contributed by atoms with Gasteiger partial charge in [0.2, 0.25) is 0 Å². The summed E-state index contributed by atoms with van der Waals surface area (Å²) >= 11 is 6.01. The lowest BCUT2D eigenvalue weighted by molar-refractivity contribution is 0.314. The van der Waals surface area contributed by atoms with E-state index < -0.39 is 0 Å². The second kappa shape index (κ2) is 5.65. The molecule has 0 saturated heterocycles. The molecule has 0 N–H and O–H groups in total. The fraction of sp³-hybridized carbons (Fsp3) is 0.188. The van der Waals surface area contributed by atoms with Gasteiger partial charge in [-0.05, 0) is 31.3 Å². The minimum Gasteiger partial charge on any atom is -0.472 e. The Balaban J connectivity index is 1.76. The molecule has 0 unspecified atom stereocenters. The first-order valence-electron chi connectivity index (χ1n) is 6.45. The Morgan fingerprint density at radius 1 is 1.15 bits per heavy atom. The lowest BCUT2D eigenvalue weighted by atomic mass is 10.2. The van der Waals surface area contributed by atoms with Crippen LogP contribution in [0, 0.1) is 0 Å². The molecule has 3 aromatic rings. The zero-order chi connectivity index (χ0) is 13.9. The van der Waals surface area contributed by atoms with Gasteiger partial charge in [0.25, 0.3) is 0 Å². The van der Waals surface area contributed by atoms with Gasteiger partial charge in [-0.15, -0.1) is 0 Å². The molecule has 3 nitrogen and oxygen atoms in total. The first-order valence-corrected chi connectivity index (χ1v) is 6.83. The molecule has 0 spiro atoms. The van der Waals surface area contributed by atoms with Crippen LogP contribution in [0.15, 0.2) is 53.3 Å². The third-order valence-electron chi connectivity index (χ3n) is 3.18. The first-order chi connectivity index (χ1) is 9.70. The minimum atomic E-state index is 0.717. The van der Waals surface area contributed by atoms with Crippen molar-refractivity contribution in [3.05, 3.63) is 65.2 Å². The van der Waals surface area contributed by atoms with Crippen molar-refractivity contribution in [1.29, 1.82) is 0 Å². The zero-order valence-electron chi connectivity index (χ0n) is 11.2. The lowest BCUT2D eigenvalue weighted by Gasteiger charge is -2.15. The van der Waals surface area contributed by atoms with Gasteiger partial charge in [0.15, 0.2) is 0 Å². The molecule has 0 saturated carbocycles. The third kappa shape index (κ3) is 3.00. The number of pyridine rings is 1. The molecule has 0 bridgehead atoms. The van der Waals surface area contributed by atoms with Gasteiger partial charge >= 0.3 is 0 Å². The van der Waals surface area contributed by atoms with Crippen LogP contribution in [0.3, 0.4) is 0 Å². The molecule has 20 heavy (non-hydrogen) atoms. The van der Waals surface area contributed by atoms with Crippen molar-refractivity contribution in [2.45, 2.75) is 13.1 Å². The summed E-state index contributed by atoms with van der Waals surface area (Å²) in [7, 11) is 2.07. The maximum Gasteiger partial charge on any atom is 0.0947 e. The molecule has 102 valence electrons. The van der Waals surface area contributed by atoms with Crippen molar-refractivity contribution in [1.82, 2.24) is 9.88 Å². The van der Waals surface area contributed by atoms with Crippen molar-refractivity contribution in [2.75, 3.05) is 7.05 Å². The molecule has 0 aliphatic carbocycles. The Morgan fingerprint density at radius 3 is 2.80 bits per heavy atom. The average Bonchev–Trinajstić information content (AvgIpc) is 2.91. The highest BCUT2D eigenvalue weighted by atomic mass is 35.5. The van der Waals surface area contributed by atoms with E-state index >= 15 is 0 Å². The van der Waals surface area contributed by atoms with Crippen LogP contribution in [0.1, 0.15) is 11.3 Å². The van der Waals surface area contributed by atoms with Crippen molar-refractivity contribution < 1.29 is 4.42 Å². The fourth-order valence-corrected chi connectivity index (χ4v) is 2.41. The standard InChI is InChI=1S/C16H15ClN2O/c1-19(9-12-6-7-20-11-12)10-15-5-3-13-2-4-14(17)8-16(13)18-15/h2-8,11H,9-10H2,1H3. The number of benzene rings is 1. The number of rotatable bonds is 4. The Hall–Kier alpha value is -1.84. The van der Waals surface area contributed by atoms with Crippen LogP contribution in [0.5, 0.6) is 0 Å². The SMILES string of the molecule is CN(Cc1ccoc1)Cc1ccc2ccc(Cl)cc2n1. The number of fused-ring (bicyclic) bond motifs is 1. The predicted molar refractivity (Wildman–Crippen MR) is 80.6 cm³/mol. The van der Waals surface area contributed by atoms with E-state index in [0.717, 1.165) is 35.2 Å². The summed E-state index contributed by atoms with van der Waals surface area (Å²) in [5.41, 5.74) is 3.13. The van der Waals surface area contributed by atoms with Crippen LogP contribution in [0.2, 0.25) is 5.02 Å². The summed E-state index contributed by atoms with van der Waals surface area (Å²) in [5.74, 6) is 0. The number of aromatic nitrogens is 1. The summed E-state index contributed by atoms with van der Waals surface area (Å²) in [4.78, 5) is 6.85. The molecular weight excluding hydrogens is 272 g/mol. The number of furan rings is 1. The summed E-state index contributed by atoms with van der Waals surface area (Å²) in [5, 5.41) is 1.82. The van der Waals surface area contributed by atoms with E-state index in [-0.39, 0.29) is 0 Å². The number of nitrogens with zero attached hydrogens (tertiary/aromatic N) is 2. The molecule has 0 amide bonds. The topological polar surface area (TPSA) is 29.3 Å². The van der Waals surface area contributed by atoms with Gasteiger partial charge in [-0.25, -0.2) is 0 Å². The van der Waals surface area contributed by atoms with E-state index in [1.807, 2.05) is 24.3 Å². The molecule has 0 fully saturated rings. The number of hydrogen-bond donors (Lipinski definition) is 0. The maximum absolute atomic E-state index is 6.01. The van der Waals surface area contributed by atoms with Crippen LogP contribution in [0.25, 0.3) is 10.9 Å². The predicted octanol–water partition coefficient (Wildman–Crippen LogP) is 4.11. The van der Waals surface area contributed by atoms with Gasteiger partial charge in [0, 0.05) is 29.1 Å². The normalized spacial score (nSPS) is 11.3. The molecule has 3 rings (SSSR count). The smallest absolute Gasteiger partial charge is 0.0947 e. The van der Waals surface area contributed by atoms with Crippen molar-refractivity contribution in [3.63, 3.8) is 0 Å². The Kier molecular flexibility index (Phi) is 3.72. The molecule has 0 aliphatic rings. The second-order valence-electron chi connectivity index (χ2n) is 4.94. The van der Waals surface area contributed by atoms with Gasteiger partial charge in [-0.2, -0.15) is 0 Å². The Morgan fingerprint density at radius 2 is 2.00 bits per heavy atom. The van der Waals surface area contributed by atoms with Crippen LogP contribution < -0.4 is 0 Å². The maximum atomic E-state index is 6.01. The van der Waals surface area contributed by atoms with E-state index in [2.05, 4.69) is 29.1 Å². The third-order valence-corrected chi connectivity index (χ3v) is 3.41. The van der Waals surface area contributed by atoms with Crippen LogP contribution >= 0.6 is 11.6 Å². The summed E-state index contributed by atoms with van der Waals surface area (Å²) in [6.45, 7) is 1.62. The van der Waals surface area contributed by atoms with E-state index in [4.69, 9.17) is 16.0 Å². The van der Waals surface area contributed by atoms with E-state index in [1.165, 1.54) is 0 Å². The largest absolute Gasteiger partial charge is 0.472 e. The van der Waals surface area contributed by atoms with Crippen molar-refractivity contribution >= 4 is 22.5 Å². The van der Waals surface area contributed by atoms with Gasteiger partial charge in [0.1, 0.15) is 0 Å². The quantitative estimate of drug-likeness (QED) is 0.723. The van der Waals surface area contributed by atoms with E-state index in [9.17, 15) is 0 Å². The van der Waals surface area contributed by atoms with Crippen LogP contribution in [-0.2, 0) is 13.1 Å². The molecule has 1 aromatic carbocycles. The highest BCUT2D eigenvalue weighted by Crippen LogP contribution is 2.18. The van der Waals surface area contributed by atoms with E-state index in [0.29, 0.717) is 5.02 Å². The highest BCUT2D eigenvalue weighted by Gasteiger charge is 2.05. The van der Waals surface area contributed by atoms with Crippen LogP contribution in [-0.4, -0.2) is 16.9 Å². The molecule has 4 heteroatoms. The van der Waals surface area contributed by atoms with Crippen LogP contribution in [0.4, 0.5) is 0 Å². The van der Waals surface area contributed by atoms with Crippen molar-refractivity contribution in [3.8, 4) is 0 Å². The molecule has 0 radical (unpaired) electrons. The Labute approximate surface area is 122 Å². The van der Waals surface area contributed by atoms with E-state index in [1.54, 1.807) is 12.5 Å². The lowest BCUT2D eigenvalue weighted by Crippen LogP contribution is -2.17. The molecule has 2 aromatic heterocycles. The zero-order valence-corrected chi connectivity index (χ0v) is 12.0. The summed E-state index contributed by atoms with van der Waals surface area (Å²) < 4.78 is 5.08. The number of hydrogen-bond acceptors (Lipinski definition) is 3. The highest BCUT2D eigenvalue weighted by molar-refractivity contribution is 6.31. The fourth-order valence-electron chi connectivity index (χ4n) is 2.25.